The monoisotopic (exact) mass is 279 g/mol. The van der Waals surface area contributed by atoms with Gasteiger partial charge in [0.25, 0.3) is 0 Å². The van der Waals surface area contributed by atoms with E-state index in [-0.39, 0.29) is 0 Å². The summed E-state index contributed by atoms with van der Waals surface area (Å²) in [4.78, 5) is 0. The Balaban J connectivity index is 2.07. The van der Waals surface area contributed by atoms with E-state index in [1.807, 2.05) is 31.2 Å². The molecular formula is C15H18ClNO2. The smallest absolute Gasteiger partial charge is 0.120 e. The Bertz CT molecular complexity index is 563. The van der Waals surface area contributed by atoms with Crippen LogP contribution >= 0.6 is 11.6 Å². The first-order chi connectivity index (χ1) is 9.13. The zero-order chi connectivity index (χ0) is 13.8. The zero-order valence-electron chi connectivity index (χ0n) is 11.2. The summed E-state index contributed by atoms with van der Waals surface area (Å²) in [7, 11) is 0. The van der Waals surface area contributed by atoms with Crippen LogP contribution in [0, 0.1) is 6.92 Å². The number of furan rings is 1. The van der Waals surface area contributed by atoms with Crippen molar-refractivity contribution in [2.45, 2.75) is 33.4 Å². The van der Waals surface area contributed by atoms with Gasteiger partial charge in [-0.05, 0) is 43.2 Å². The van der Waals surface area contributed by atoms with E-state index in [9.17, 15) is 0 Å². The summed E-state index contributed by atoms with van der Waals surface area (Å²) in [5, 5.41) is 0.778. The van der Waals surface area contributed by atoms with E-state index >= 15 is 0 Å². The first-order valence-corrected chi connectivity index (χ1v) is 6.71. The van der Waals surface area contributed by atoms with E-state index in [0.717, 1.165) is 39.8 Å². The van der Waals surface area contributed by atoms with Gasteiger partial charge in [0.2, 0.25) is 0 Å². The zero-order valence-corrected chi connectivity index (χ0v) is 12.0. The molecule has 0 fully saturated rings. The average Bonchev–Trinajstić information content (AvgIpc) is 2.78. The molecule has 2 rings (SSSR count). The standard InChI is InChI=1S/C15H18ClNO2/c1-3-11-6-13(4-5-15(11)16)18-9-12-7-14(8-17)19-10(12)2/h4-7H,3,8-9,17H2,1-2H3. The molecule has 19 heavy (non-hydrogen) atoms. The van der Waals surface area contributed by atoms with Crippen molar-refractivity contribution in [1.82, 2.24) is 0 Å². The Kier molecular flexibility index (Phi) is 4.51. The summed E-state index contributed by atoms with van der Waals surface area (Å²) in [5.41, 5.74) is 7.65. The molecule has 0 aliphatic carbocycles. The van der Waals surface area contributed by atoms with Crippen LogP contribution in [-0.4, -0.2) is 0 Å². The van der Waals surface area contributed by atoms with Crippen LogP contribution in [0.2, 0.25) is 5.02 Å². The lowest BCUT2D eigenvalue weighted by atomic mass is 10.1. The first kappa shape index (κ1) is 14.0. The topological polar surface area (TPSA) is 48.4 Å². The molecule has 3 nitrogen and oxygen atoms in total. The fraction of sp³-hybridized carbons (Fsp3) is 0.333. The van der Waals surface area contributed by atoms with Crippen molar-refractivity contribution in [2.75, 3.05) is 0 Å². The highest BCUT2D eigenvalue weighted by atomic mass is 35.5. The number of hydrogen-bond donors (Lipinski definition) is 1. The summed E-state index contributed by atoms with van der Waals surface area (Å²) < 4.78 is 11.3. The molecule has 0 amide bonds. The summed E-state index contributed by atoms with van der Waals surface area (Å²) in [5.74, 6) is 2.45. The Hall–Kier alpha value is -1.45. The minimum atomic E-state index is 0.405. The van der Waals surface area contributed by atoms with E-state index in [4.69, 9.17) is 26.5 Å². The molecule has 102 valence electrons. The molecule has 0 saturated carbocycles. The van der Waals surface area contributed by atoms with Crippen LogP contribution in [0.3, 0.4) is 0 Å². The van der Waals surface area contributed by atoms with Crippen molar-refractivity contribution in [3.8, 4) is 5.75 Å². The van der Waals surface area contributed by atoms with Crippen molar-refractivity contribution < 1.29 is 9.15 Å². The van der Waals surface area contributed by atoms with Gasteiger partial charge in [0.15, 0.2) is 0 Å². The molecule has 0 radical (unpaired) electrons. The van der Waals surface area contributed by atoms with Crippen molar-refractivity contribution >= 4 is 11.6 Å². The average molecular weight is 280 g/mol. The third-order valence-corrected chi connectivity index (χ3v) is 3.43. The number of rotatable bonds is 5. The largest absolute Gasteiger partial charge is 0.489 e. The number of aryl methyl sites for hydroxylation is 2. The molecule has 0 atom stereocenters. The predicted octanol–water partition coefficient (Wildman–Crippen LogP) is 3.84. The highest BCUT2D eigenvalue weighted by molar-refractivity contribution is 6.31. The van der Waals surface area contributed by atoms with Crippen molar-refractivity contribution in [2.24, 2.45) is 5.73 Å². The maximum Gasteiger partial charge on any atom is 0.120 e. The van der Waals surface area contributed by atoms with Crippen LogP contribution in [0.5, 0.6) is 5.75 Å². The predicted molar refractivity (Wildman–Crippen MR) is 76.5 cm³/mol. The molecule has 0 saturated heterocycles. The van der Waals surface area contributed by atoms with Crippen molar-refractivity contribution in [3.63, 3.8) is 0 Å². The van der Waals surface area contributed by atoms with Gasteiger partial charge in [0.1, 0.15) is 23.9 Å². The lowest BCUT2D eigenvalue weighted by Gasteiger charge is -2.08. The Morgan fingerprint density at radius 1 is 1.26 bits per heavy atom. The number of benzene rings is 1. The Morgan fingerprint density at radius 2 is 2.05 bits per heavy atom. The highest BCUT2D eigenvalue weighted by Gasteiger charge is 2.08. The molecule has 4 heteroatoms. The Labute approximate surface area is 118 Å². The van der Waals surface area contributed by atoms with Gasteiger partial charge in [-0.2, -0.15) is 0 Å². The number of hydrogen-bond acceptors (Lipinski definition) is 3. The van der Waals surface area contributed by atoms with Gasteiger partial charge in [-0.25, -0.2) is 0 Å². The molecule has 2 aromatic rings. The molecule has 0 aliphatic rings. The van der Waals surface area contributed by atoms with E-state index in [0.29, 0.717) is 13.2 Å². The third-order valence-electron chi connectivity index (χ3n) is 3.07. The minimum absolute atomic E-state index is 0.405. The maximum absolute atomic E-state index is 6.08. The number of nitrogens with two attached hydrogens (primary N) is 1. The molecule has 1 aromatic carbocycles. The second-order valence-corrected chi connectivity index (χ2v) is 4.80. The quantitative estimate of drug-likeness (QED) is 0.904. The van der Waals surface area contributed by atoms with Crippen molar-refractivity contribution in [1.29, 1.82) is 0 Å². The summed E-state index contributed by atoms with van der Waals surface area (Å²) in [6.45, 7) is 4.86. The Morgan fingerprint density at radius 3 is 2.68 bits per heavy atom. The molecule has 2 N–H and O–H groups in total. The van der Waals surface area contributed by atoms with Gasteiger partial charge in [-0.15, -0.1) is 0 Å². The van der Waals surface area contributed by atoms with Crippen LogP contribution < -0.4 is 10.5 Å². The molecule has 0 spiro atoms. The fourth-order valence-electron chi connectivity index (χ4n) is 1.90. The normalized spacial score (nSPS) is 10.7. The van der Waals surface area contributed by atoms with Gasteiger partial charge in [-0.1, -0.05) is 18.5 Å². The van der Waals surface area contributed by atoms with Crippen LogP contribution in [0.15, 0.2) is 28.7 Å². The van der Waals surface area contributed by atoms with E-state index < -0.39 is 0 Å². The van der Waals surface area contributed by atoms with Crippen LogP contribution in [0.1, 0.15) is 29.6 Å². The molecule has 0 aliphatic heterocycles. The van der Waals surface area contributed by atoms with Crippen LogP contribution in [0.25, 0.3) is 0 Å². The lowest BCUT2D eigenvalue weighted by molar-refractivity contribution is 0.302. The van der Waals surface area contributed by atoms with Gasteiger partial charge < -0.3 is 14.9 Å². The second-order valence-electron chi connectivity index (χ2n) is 4.39. The van der Waals surface area contributed by atoms with Crippen molar-refractivity contribution in [3.05, 3.63) is 51.9 Å². The molecule has 0 bridgehead atoms. The third kappa shape index (κ3) is 3.31. The summed E-state index contributed by atoms with van der Waals surface area (Å²) >= 11 is 6.08. The number of ether oxygens (including phenoxy) is 1. The van der Waals surface area contributed by atoms with E-state index in [1.54, 1.807) is 0 Å². The van der Waals surface area contributed by atoms with Gasteiger partial charge in [0, 0.05) is 10.6 Å². The van der Waals surface area contributed by atoms with Gasteiger partial charge in [0.05, 0.1) is 6.54 Å². The van der Waals surface area contributed by atoms with E-state index in [1.165, 1.54) is 0 Å². The van der Waals surface area contributed by atoms with Gasteiger partial charge >= 0.3 is 0 Å². The summed E-state index contributed by atoms with van der Waals surface area (Å²) in [6, 6.07) is 7.65. The lowest BCUT2D eigenvalue weighted by Crippen LogP contribution is -1.97. The van der Waals surface area contributed by atoms with Crippen LogP contribution in [0.4, 0.5) is 0 Å². The minimum Gasteiger partial charge on any atom is -0.489 e. The van der Waals surface area contributed by atoms with E-state index in [2.05, 4.69) is 6.92 Å². The number of halogens is 1. The SMILES string of the molecule is CCc1cc(OCc2cc(CN)oc2C)ccc1Cl. The molecular weight excluding hydrogens is 262 g/mol. The highest BCUT2D eigenvalue weighted by Crippen LogP contribution is 2.24. The second kappa shape index (κ2) is 6.13. The molecule has 0 unspecified atom stereocenters. The summed E-state index contributed by atoms with van der Waals surface area (Å²) in [6.07, 6.45) is 0.887. The first-order valence-electron chi connectivity index (χ1n) is 6.33. The van der Waals surface area contributed by atoms with Gasteiger partial charge in [-0.3, -0.25) is 0 Å². The molecule has 1 heterocycles. The molecule has 1 aromatic heterocycles. The van der Waals surface area contributed by atoms with Crippen LogP contribution in [-0.2, 0) is 19.6 Å². The maximum atomic E-state index is 6.08. The fourth-order valence-corrected chi connectivity index (χ4v) is 2.16.